The predicted octanol–water partition coefficient (Wildman–Crippen LogP) is 2.69. The van der Waals surface area contributed by atoms with Crippen LogP contribution < -0.4 is 25.3 Å². The van der Waals surface area contributed by atoms with E-state index in [1.165, 1.54) is 51.7 Å². The van der Waals surface area contributed by atoms with E-state index in [1.807, 2.05) is 0 Å². The van der Waals surface area contributed by atoms with E-state index in [0.717, 1.165) is 0 Å². The van der Waals surface area contributed by atoms with E-state index in [0.29, 0.717) is 22.9 Å². The summed E-state index contributed by atoms with van der Waals surface area (Å²) >= 11 is 0. The maximum Gasteiger partial charge on any atom is 0.256 e. The number of halogens is 1. The summed E-state index contributed by atoms with van der Waals surface area (Å²) in [7, 11) is 4.34. The minimum Gasteiger partial charge on any atom is -0.493 e. The van der Waals surface area contributed by atoms with Gasteiger partial charge in [0.25, 0.3) is 5.91 Å². The average molecular weight is 320 g/mol. The van der Waals surface area contributed by atoms with Gasteiger partial charge >= 0.3 is 0 Å². The first kappa shape index (κ1) is 16.4. The van der Waals surface area contributed by atoms with Gasteiger partial charge in [-0.05, 0) is 30.3 Å². The standard InChI is InChI=1S/C16H17FN2O4/c1-21-13-6-9(7-14(22-2)15(13)23-3)16(20)19-12-8-10(18)4-5-11(12)17/h4-8H,18H2,1-3H3,(H,19,20). The summed E-state index contributed by atoms with van der Waals surface area (Å²) in [5, 5.41) is 2.46. The molecule has 6 nitrogen and oxygen atoms in total. The molecule has 122 valence electrons. The van der Waals surface area contributed by atoms with Crippen LogP contribution in [-0.2, 0) is 0 Å². The largest absolute Gasteiger partial charge is 0.493 e. The van der Waals surface area contributed by atoms with E-state index in [9.17, 15) is 9.18 Å². The maximum atomic E-state index is 13.7. The number of ether oxygens (including phenoxy) is 3. The Balaban J connectivity index is 2.37. The molecule has 0 aromatic heterocycles. The van der Waals surface area contributed by atoms with Crippen LogP contribution in [-0.4, -0.2) is 27.2 Å². The Labute approximate surface area is 133 Å². The number of carbonyl (C=O) groups is 1. The van der Waals surface area contributed by atoms with Crippen molar-refractivity contribution in [2.75, 3.05) is 32.4 Å². The second-order valence-electron chi connectivity index (χ2n) is 4.61. The zero-order valence-electron chi connectivity index (χ0n) is 13.0. The van der Waals surface area contributed by atoms with Crippen molar-refractivity contribution in [2.24, 2.45) is 0 Å². The highest BCUT2D eigenvalue weighted by atomic mass is 19.1. The van der Waals surface area contributed by atoms with Crippen LogP contribution in [0.25, 0.3) is 0 Å². The zero-order valence-corrected chi connectivity index (χ0v) is 13.0. The van der Waals surface area contributed by atoms with E-state index in [2.05, 4.69) is 5.32 Å². The van der Waals surface area contributed by atoms with Crippen molar-refractivity contribution in [3.05, 3.63) is 41.7 Å². The molecule has 0 aliphatic carbocycles. The van der Waals surface area contributed by atoms with Crippen LogP contribution in [0, 0.1) is 5.82 Å². The number of nitrogens with one attached hydrogen (secondary N) is 1. The van der Waals surface area contributed by atoms with Gasteiger partial charge in [0.1, 0.15) is 5.82 Å². The number of methoxy groups -OCH3 is 3. The molecule has 0 saturated carbocycles. The number of nitrogens with two attached hydrogens (primary N) is 1. The minimum atomic E-state index is -0.583. The smallest absolute Gasteiger partial charge is 0.256 e. The maximum absolute atomic E-state index is 13.7. The summed E-state index contributed by atoms with van der Waals surface area (Å²) < 4.78 is 29.3. The molecular weight excluding hydrogens is 303 g/mol. The third kappa shape index (κ3) is 3.45. The first-order valence-corrected chi connectivity index (χ1v) is 6.66. The fraction of sp³-hybridized carbons (Fsp3) is 0.188. The van der Waals surface area contributed by atoms with E-state index in [4.69, 9.17) is 19.9 Å². The normalized spacial score (nSPS) is 10.1. The summed E-state index contributed by atoms with van der Waals surface area (Å²) in [4.78, 5) is 12.3. The van der Waals surface area contributed by atoms with E-state index in [1.54, 1.807) is 0 Å². The number of amides is 1. The van der Waals surface area contributed by atoms with Crippen LogP contribution in [0.4, 0.5) is 15.8 Å². The molecule has 0 fully saturated rings. The van der Waals surface area contributed by atoms with Gasteiger partial charge in [-0.3, -0.25) is 4.79 Å². The van der Waals surface area contributed by atoms with Crippen LogP contribution in [0.5, 0.6) is 17.2 Å². The van der Waals surface area contributed by atoms with Gasteiger partial charge in [-0.15, -0.1) is 0 Å². The molecule has 2 rings (SSSR count). The number of anilines is 2. The third-order valence-electron chi connectivity index (χ3n) is 3.17. The zero-order chi connectivity index (χ0) is 17.0. The molecule has 2 aromatic carbocycles. The molecule has 0 radical (unpaired) electrons. The Morgan fingerprint density at radius 2 is 1.65 bits per heavy atom. The molecule has 1 amide bonds. The van der Waals surface area contributed by atoms with Gasteiger partial charge in [0.05, 0.1) is 27.0 Å². The highest BCUT2D eigenvalue weighted by Crippen LogP contribution is 2.38. The summed E-state index contributed by atoms with van der Waals surface area (Å²) in [5.41, 5.74) is 6.15. The molecule has 0 heterocycles. The molecule has 0 aliphatic heterocycles. The van der Waals surface area contributed by atoms with Gasteiger partial charge in [-0.2, -0.15) is 0 Å². The van der Waals surface area contributed by atoms with Crippen LogP contribution in [0.2, 0.25) is 0 Å². The minimum absolute atomic E-state index is 0.0104. The molecule has 2 aromatic rings. The average Bonchev–Trinajstić information content (AvgIpc) is 2.56. The highest BCUT2D eigenvalue weighted by molar-refractivity contribution is 6.05. The van der Waals surface area contributed by atoms with Gasteiger partial charge < -0.3 is 25.3 Å². The van der Waals surface area contributed by atoms with Crippen molar-refractivity contribution in [1.29, 1.82) is 0 Å². The van der Waals surface area contributed by atoms with Crippen molar-refractivity contribution in [3.63, 3.8) is 0 Å². The van der Waals surface area contributed by atoms with Crippen molar-refractivity contribution >= 4 is 17.3 Å². The van der Waals surface area contributed by atoms with Crippen molar-refractivity contribution in [1.82, 2.24) is 0 Å². The summed E-state index contributed by atoms with van der Waals surface area (Å²) in [6.45, 7) is 0. The predicted molar refractivity (Wildman–Crippen MR) is 84.9 cm³/mol. The number of benzene rings is 2. The third-order valence-corrected chi connectivity index (χ3v) is 3.17. The molecule has 0 unspecified atom stereocenters. The van der Waals surface area contributed by atoms with Crippen LogP contribution in [0.3, 0.4) is 0 Å². The molecule has 0 spiro atoms. The number of carbonyl (C=O) groups excluding carboxylic acids is 1. The Hall–Kier alpha value is -2.96. The molecule has 3 N–H and O–H groups in total. The lowest BCUT2D eigenvalue weighted by atomic mass is 10.1. The van der Waals surface area contributed by atoms with Crippen LogP contribution in [0.1, 0.15) is 10.4 Å². The molecular formula is C16H17FN2O4. The van der Waals surface area contributed by atoms with Crippen molar-refractivity contribution in [3.8, 4) is 17.2 Å². The number of rotatable bonds is 5. The summed E-state index contributed by atoms with van der Waals surface area (Å²) in [6, 6.07) is 6.87. The van der Waals surface area contributed by atoms with Crippen LogP contribution >= 0.6 is 0 Å². The van der Waals surface area contributed by atoms with Gasteiger partial charge in [0.2, 0.25) is 5.75 Å². The lowest BCUT2D eigenvalue weighted by Gasteiger charge is -2.14. The quantitative estimate of drug-likeness (QED) is 0.828. The number of hydrogen-bond acceptors (Lipinski definition) is 5. The van der Waals surface area contributed by atoms with Gasteiger partial charge in [-0.1, -0.05) is 0 Å². The van der Waals surface area contributed by atoms with E-state index in [-0.39, 0.29) is 11.3 Å². The summed E-state index contributed by atoms with van der Waals surface area (Å²) in [6.07, 6.45) is 0. The second kappa shape index (κ2) is 6.87. The highest BCUT2D eigenvalue weighted by Gasteiger charge is 2.18. The Bertz CT molecular complexity index is 709. The van der Waals surface area contributed by atoms with Gasteiger partial charge in [0, 0.05) is 11.3 Å². The summed E-state index contributed by atoms with van der Waals surface area (Å²) in [5.74, 6) is -0.106. The topological polar surface area (TPSA) is 82.8 Å². The van der Waals surface area contributed by atoms with Crippen molar-refractivity contribution in [2.45, 2.75) is 0 Å². The Morgan fingerprint density at radius 1 is 1.04 bits per heavy atom. The monoisotopic (exact) mass is 320 g/mol. The number of hydrogen-bond donors (Lipinski definition) is 2. The number of nitrogen functional groups attached to an aromatic ring is 1. The Kier molecular flexibility index (Phi) is 4.90. The SMILES string of the molecule is COc1cc(C(=O)Nc2cc(N)ccc2F)cc(OC)c1OC. The first-order valence-electron chi connectivity index (χ1n) is 6.66. The van der Waals surface area contributed by atoms with Gasteiger partial charge in [-0.25, -0.2) is 4.39 Å². The lowest BCUT2D eigenvalue weighted by molar-refractivity contribution is 0.102. The molecule has 0 atom stereocenters. The van der Waals surface area contributed by atoms with E-state index >= 15 is 0 Å². The Morgan fingerprint density at radius 3 is 2.17 bits per heavy atom. The van der Waals surface area contributed by atoms with Crippen LogP contribution in [0.15, 0.2) is 30.3 Å². The van der Waals surface area contributed by atoms with E-state index < -0.39 is 11.7 Å². The molecule has 0 saturated heterocycles. The second-order valence-corrected chi connectivity index (χ2v) is 4.61. The molecule has 0 bridgehead atoms. The molecule has 0 aliphatic rings. The molecule has 23 heavy (non-hydrogen) atoms. The molecule has 7 heteroatoms. The van der Waals surface area contributed by atoms with Gasteiger partial charge in [0.15, 0.2) is 11.5 Å². The van der Waals surface area contributed by atoms with Crippen molar-refractivity contribution < 1.29 is 23.4 Å². The first-order chi connectivity index (χ1) is 11.0. The lowest BCUT2D eigenvalue weighted by Crippen LogP contribution is -2.14. The fourth-order valence-electron chi connectivity index (χ4n) is 2.05. The fourth-order valence-corrected chi connectivity index (χ4v) is 2.05.